The Hall–Kier alpha value is -2.87. The molecule has 122 valence electrons. The summed E-state index contributed by atoms with van der Waals surface area (Å²) >= 11 is 1.33. The van der Waals surface area contributed by atoms with E-state index in [9.17, 15) is 14.7 Å². The highest BCUT2D eigenvalue weighted by molar-refractivity contribution is 7.15. The fraction of sp³-hybridized carbons (Fsp3) is 0.188. The predicted molar refractivity (Wildman–Crippen MR) is 89.1 cm³/mol. The first-order valence-corrected chi connectivity index (χ1v) is 8.13. The van der Waals surface area contributed by atoms with Gasteiger partial charge in [0.1, 0.15) is 5.82 Å². The van der Waals surface area contributed by atoms with Crippen LogP contribution in [0.25, 0.3) is 4.96 Å². The molecule has 1 aromatic carbocycles. The zero-order chi connectivity index (χ0) is 16.8. The normalized spacial score (nSPS) is 16.7. The summed E-state index contributed by atoms with van der Waals surface area (Å²) in [5, 5.41) is 14.4. The Labute approximate surface area is 140 Å². The average molecular weight is 343 g/mol. The molecule has 2 aromatic heterocycles. The third kappa shape index (κ3) is 2.15. The molecule has 1 amide bonds. The van der Waals surface area contributed by atoms with Crippen LogP contribution in [-0.4, -0.2) is 27.5 Å². The van der Waals surface area contributed by atoms with Crippen LogP contribution in [0.2, 0.25) is 0 Å². The lowest BCUT2D eigenvalue weighted by molar-refractivity contribution is -0.116. The molecule has 0 aliphatic carbocycles. The molecule has 2 N–H and O–H groups in total. The molecule has 0 saturated carbocycles. The number of amides is 1. The zero-order valence-corrected chi connectivity index (χ0v) is 13.5. The Morgan fingerprint density at radius 3 is 3.04 bits per heavy atom. The third-order valence-corrected chi connectivity index (χ3v) is 4.87. The van der Waals surface area contributed by atoms with E-state index in [0.29, 0.717) is 22.1 Å². The highest BCUT2D eigenvalue weighted by Gasteiger charge is 2.32. The van der Waals surface area contributed by atoms with E-state index in [1.165, 1.54) is 24.5 Å². The highest BCUT2D eigenvalue weighted by atomic mass is 32.1. The summed E-state index contributed by atoms with van der Waals surface area (Å²) in [5.41, 5.74) is 0.803. The number of ether oxygens (including phenoxy) is 1. The smallest absolute Gasteiger partial charge is 0.279 e. The number of nitrogens with one attached hydrogen (secondary N) is 1. The first-order chi connectivity index (χ1) is 11.6. The first kappa shape index (κ1) is 14.7. The van der Waals surface area contributed by atoms with E-state index in [0.717, 1.165) is 5.56 Å². The van der Waals surface area contributed by atoms with Crippen molar-refractivity contribution in [1.82, 2.24) is 9.38 Å². The Balaban J connectivity index is 1.96. The van der Waals surface area contributed by atoms with Crippen molar-refractivity contribution in [3.8, 4) is 11.5 Å². The average Bonchev–Trinajstić information content (AvgIpc) is 3.03. The highest BCUT2D eigenvalue weighted by Crippen LogP contribution is 2.38. The van der Waals surface area contributed by atoms with Gasteiger partial charge in [-0.1, -0.05) is 6.07 Å². The molecule has 24 heavy (non-hydrogen) atoms. The van der Waals surface area contributed by atoms with E-state index in [1.54, 1.807) is 28.1 Å². The number of thiazole rings is 1. The first-order valence-electron chi connectivity index (χ1n) is 7.25. The number of benzene rings is 1. The number of nitrogens with zero attached hydrogens (tertiary/aromatic N) is 2. The van der Waals surface area contributed by atoms with Gasteiger partial charge in [-0.2, -0.15) is 4.98 Å². The number of rotatable bonds is 2. The van der Waals surface area contributed by atoms with E-state index in [1.807, 2.05) is 0 Å². The van der Waals surface area contributed by atoms with E-state index in [4.69, 9.17) is 4.74 Å². The lowest BCUT2D eigenvalue weighted by Crippen LogP contribution is -2.31. The number of hydrogen-bond donors (Lipinski definition) is 2. The molecule has 0 bridgehead atoms. The molecule has 1 atom stereocenters. The van der Waals surface area contributed by atoms with Gasteiger partial charge in [-0.15, -0.1) is 11.3 Å². The SMILES string of the molecule is COc1cc(C2CC(=O)Nc3c2c(=O)nc2sccn32)ccc1O. The van der Waals surface area contributed by atoms with Gasteiger partial charge in [0.25, 0.3) is 5.56 Å². The summed E-state index contributed by atoms with van der Waals surface area (Å²) in [4.78, 5) is 29.4. The van der Waals surface area contributed by atoms with Crippen LogP contribution in [0.1, 0.15) is 23.5 Å². The summed E-state index contributed by atoms with van der Waals surface area (Å²) in [5.74, 6) is 0.138. The second-order valence-corrected chi connectivity index (χ2v) is 6.34. The van der Waals surface area contributed by atoms with Crippen LogP contribution in [0.4, 0.5) is 5.82 Å². The Kier molecular flexibility index (Phi) is 3.27. The summed E-state index contributed by atoms with van der Waals surface area (Å²) in [6.07, 6.45) is 1.90. The monoisotopic (exact) mass is 343 g/mol. The predicted octanol–water partition coefficient (Wildman–Crippen LogP) is 1.94. The number of carbonyl (C=O) groups is 1. The molecule has 3 aromatic rings. The van der Waals surface area contributed by atoms with Crippen molar-refractivity contribution in [2.24, 2.45) is 0 Å². The lowest BCUT2D eigenvalue weighted by Gasteiger charge is -2.25. The van der Waals surface area contributed by atoms with Crippen LogP contribution >= 0.6 is 11.3 Å². The Morgan fingerprint density at radius 1 is 1.42 bits per heavy atom. The van der Waals surface area contributed by atoms with Crippen LogP contribution < -0.4 is 15.6 Å². The molecule has 0 fully saturated rings. The van der Waals surface area contributed by atoms with Crippen molar-refractivity contribution in [2.45, 2.75) is 12.3 Å². The van der Waals surface area contributed by atoms with Gasteiger partial charge in [0.05, 0.1) is 12.7 Å². The van der Waals surface area contributed by atoms with Gasteiger partial charge in [0, 0.05) is 23.9 Å². The third-order valence-electron chi connectivity index (χ3n) is 4.12. The quantitative estimate of drug-likeness (QED) is 0.742. The van der Waals surface area contributed by atoms with Crippen LogP contribution in [0.3, 0.4) is 0 Å². The lowest BCUT2D eigenvalue weighted by atomic mass is 9.86. The molecular formula is C16H13N3O4S. The van der Waals surface area contributed by atoms with Gasteiger partial charge >= 0.3 is 0 Å². The molecule has 1 aliphatic rings. The molecule has 0 saturated heterocycles. The van der Waals surface area contributed by atoms with Gasteiger partial charge in [0.15, 0.2) is 16.5 Å². The van der Waals surface area contributed by atoms with Crippen molar-refractivity contribution < 1.29 is 14.6 Å². The minimum Gasteiger partial charge on any atom is -0.504 e. The fourth-order valence-corrected chi connectivity index (χ4v) is 3.71. The Bertz CT molecular complexity index is 1020. The number of carbonyl (C=O) groups excluding carboxylic acids is 1. The number of aromatic hydroxyl groups is 1. The second-order valence-electron chi connectivity index (χ2n) is 5.47. The maximum Gasteiger partial charge on any atom is 0.279 e. The molecule has 1 aliphatic heterocycles. The molecule has 0 radical (unpaired) electrons. The molecular weight excluding hydrogens is 330 g/mol. The number of aromatic nitrogens is 2. The van der Waals surface area contributed by atoms with Gasteiger partial charge < -0.3 is 15.2 Å². The van der Waals surface area contributed by atoms with Crippen molar-refractivity contribution in [2.75, 3.05) is 12.4 Å². The molecule has 7 nitrogen and oxygen atoms in total. The summed E-state index contributed by atoms with van der Waals surface area (Å²) in [7, 11) is 1.45. The number of phenols is 1. The van der Waals surface area contributed by atoms with Crippen LogP contribution in [0.15, 0.2) is 34.6 Å². The number of fused-ring (bicyclic) bond motifs is 3. The van der Waals surface area contributed by atoms with Gasteiger partial charge in [0.2, 0.25) is 5.91 Å². The largest absolute Gasteiger partial charge is 0.504 e. The van der Waals surface area contributed by atoms with E-state index in [-0.39, 0.29) is 23.6 Å². The zero-order valence-electron chi connectivity index (χ0n) is 12.6. The standard InChI is InChI=1S/C16H13N3O4S/c1-23-11-6-8(2-3-10(11)20)9-7-12(21)17-14-13(9)15(22)18-16-19(14)4-5-24-16/h2-6,9,20H,7H2,1H3,(H,17,21). The van der Waals surface area contributed by atoms with Gasteiger partial charge in [-0.05, 0) is 17.7 Å². The second kappa shape index (κ2) is 5.34. The van der Waals surface area contributed by atoms with Gasteiger partial charge in [-0.3, -0.25) is 14.0 Å². The number of phenolic OH excluding ortho intramolecular Hbond substituents is 1. The minimum atomic E-state index is -0.444. The summed E-state index contributed by atoms with van der Waals surface area (Å²) < 4.78 is 6.84. The molecule has 1 unspecified atom stereocenters. The molecule has 4 rings (SSSR count). The fourth-order valence-electron chi connectivity index (χ4n) is 3.01. The maximum absolute atomic E-state index is 12.5. The van der Waals surface area contributed by atoms with Crippen molar-refractivity contribution in [3.05, 3.63) is 51.3 Å². The van der Waals surface area contributed by atoms with E-state index >= 15 is 0 Å². The minimum absolute atomic E-state index is 0.00451. The molecule has 3 heterocycles. The van der Waals surface area contributed by atoms with Crippen LogP contribution in [0, 0.1) is 0 Å². The number of hydrogen-bond acceptors (Lipinski definition) is 6. The van der Waals surface area contributed by atoms with Crippen LogP contribution in [0.5, 0.6) is 11.5 Å². The Morgan fingerprint density at radius 2 is 2.25 bits per heavy atom. The summed E-state index contributed by atoms with van der Waals surface area (Å²) in [6, 6.07) is 4.83. The van der Waals surface area contributed by atoms with Gasteiger partial charge in [-0.25, -0.2) is 0 Å². The van der Waals surface area contributed by atoms with Crippen molar-refractivity contribution in [3.63, 3.8) is 0 Å². The number of methoxy groups -OCH3 is 1. The van der Waals surface area contributed by atoms with E-state index in [2.05, 4.69) is 10.3 Å². The topological polar surface area (TPSA) is 92.9 Å². The van der Waals surface area contributed by atoms with E-state index < -0.39 is 5.92 Å². The van der Waals surface area contributed by atoms with Crippen LogP contribution in [-0.2, 0) is 4.79 Å². The van der Waals surface area contributed by atoms with Crippen molar-refractivity contribution >= 4 is 28.0 Å². The molecule has 0 spiro atoms. The number of anilines is 1. The maximum atomic E-state index is 12.5. The summed E-state index contributed by atoms with van der Waals surface area (Å²) in [6.45, 7) is 0. The molecule has 8 heteroatoms. The van der Waals surface area contributed by atoms with Crippen molar-refractivity contribution in [1.29, 1.82) is 0 Å².